The van der Waals surface area contributed by atoms with Crippen LogP contribution in [0.4, 0.5) is 0 Å². The van der Waals surface area contributed by atoms with E-state index < -0.39 is 0 Å². The highest BCUT2D eigenvalue weighted by molar-refractivity contribution is 5.90. The molecule has 1 aromatic heterocycles. The first-order chi connectivity index (χ1) is 9.80. The maximum atomic E-state index is 8.89. The highest BCUT2D eigenvalue weighted by Gasteiger charge is 2.07. The summed E-state index contributed by atoms with van der Waals surface area (Å²) in [4.78, 5) is 0. The minimum atomic E-state index is 0.140. The van der Waals surface area contributed by atoms with Gasteiger partial charge < -0.3 is 4.57 Å². The van der Waals surface area contributed by atoms with Crippen molar-refractivity contribution >= 4 is 17.0 Å². The van der Waals surface area contributed by atoms with Gasteiger partial charge >= 0.3 is 0 Å². The second-order valence-electron chi connectivity index (χ2n) is 4.78. The summed E-state index contributed by atoms with van der Waals surface area (Å²) in [5.41, 5.74) is 2.24. The number of nitrogens with zero attached hydrogens (tertiary/aromatic N) is 3. The number of hydrogen-bond donors (Lipinski definition) is 0. The molecule has 1 heterocycles. The molecule has 0 fully saturated rings. The minimum absolute atomic E-state index is 0.140. The number of allylic oxidation sites excluding steroid dienone is 1. The molecule has 100 valence electrons. The second-order valence-corrected chi connectivity index (χ2v) is 4.78. The number of hydrogen-bond acceptors (Lipinski definition) is 2. The lowest BCUT2D eigenvalue weighted by Gasteiger charge is -2.03. The van der Waals surface area contributed by atoms with E-state index in [9.17, 15) is 0 Å². The third-order valence-corrected chi connectivity index (χ3v) is 3.36. The molecule has 0 amide bonds. The molecule has 0 atom stereocenters. The molecule has 0 bridgehead atoms. The van der Waals surface area contributed by atoms with E-state index in [1.165, 1.54) is 12.8 Å². The van der Waals surface area contributed by atoms with Crippen molar-refractivity contribution in [2.75, 3.05) is 0 Å². The van der Waals surface area contributed by atoms with Crippen molar-refractivity contribution in [1.29, 1.82) is 10.5 Å². The van der Waals surface area contributed by atoms with Crippen molar-refractivity contribution in [2.45, 2.75) is 32.7 Å². The highest BCUT2D eigenvalue weighted by Crippen LogP contribution is 2.24. The molecule has 0 N–H and O–H groups in total. The smallest absolute Gasteiger partial charge is 0.130 e. The zero-order valence-corrected chi connectivity index (χ0v) is 11.6. The topological polar surface area (TPSA) is 52.5 Å². The standard InChI is InChI=1S/C17H17N3/c1-2-3-6-9-20-13-15(10-14(11-18)12-19)16-7-4-5-8-17(16)20/h4-5,7-8,10,13H,2-3,6,9H2,1H3. The molecular weight excluding hydrogens is 246 g/mol. The first kappa shape index (κ1) is 13.9. The molecule has 0 unspecified atom stereocenters. The van der Waals surface area contributed by atoms with Crippen LogP contribution < -0.4 is 0 Å². The number of nitriles is 2. The van der Waals surface area contributed by atoms with Crippen LogP contribution in [0.25, 0.3) is 17.0 Å². The fraction of sp³-hybridized carbons (Fsp3) is 0.294. The van der Waals surface area contributed by atoms with Crippen molar-refractivity contribution in [3.63, 3.8) is 0 Å². The van der Waals surface area contributed by atoms with E-state index in [2.05, 4.69) is 17.6 Å². The molecule has 3 heteroatoms. The molecular formula is C17H17N3. The zero-order valence-electron chi connectivity index (χ0n) is 11.6. The summed E-state index contributed by atoms with van der Waals surface area (Å²) >= 11 is 0. The first-order valence-electron chi connectivity index (χ1n) is 6.90. The number of aromatic nitrogens is 1. The fourth-order valence-corrected chi connectivity index (χ4v) is 2.35. The lowest BCUT2D eigenvalue weighted by molar-refractivity contribution is 0.616. The number of fused-ring (bicyclic) bond motifs is 1. The first-order valence-corrected chi connectivity index (χ1v) is 6.90. The summed E-state index contributed by atoms with van der Waals surface area (Å²) in [5.74, 6) is 0. The van der Waals surface area contributed by atoms with Crippen LogP contribution in [0.2, 0.25) is 0 Å². The Labute approximate surface area is 119 Å². The Morgan fingerprint density at radius 2 is 1.95 bits per heavy atom. The molecule has 1 aromatic carbocycles. The Morgan fingerprint density at radius 1 is 1.20 bits per heavy atom. The third-order valence-electron chi connectivity index (χ3n) is 3.36. The van der Waals surface area contributed by atoms with Crippen LogP contribution >= 0.6 is 0 Å². The molecule has 0 aliphatic rings. The normalized spacial score (nSPS) is 9.95. The van der Waals surface area contributed by atoms with Gasteiger partial charge in [-0.15, -0.1) is 0 Å². The molecule has 0 radical (unpaired) electrons. The van der Waals surface area contributed by atoms with E-state index >= 15 is 0 Å². The number of rotatable bonds is 5. The Morgan fingerprint density at radius 3 is 2.65 bits per heavy atom. The molecule has 0 spiro atoms. The van der Waals surface area contributed by atoms with Gasteiger partial charge in [0.15, 0.2) is 0 Å². The van der Waals surface area contributed by atoms with Crippen LogP contribution in [0.15, 0.2) is 36.0 Å². The van der Waals surface area contributed by atoms with Crippen molar-refractivity contribution in [2.24, 2.45) is 0 Å². The van der Waals surface area contributed by atoms with E-state index in [0.29, 0.717) is 0 Å². The molecule has 2 rings (SSSR count). The van der Waals surface area contributed by atoms with Crippen LogP contribution in [0.1, 0.15) is 31.7 Å². The Hall–Kier alpha value is -2.52. The van der Waals surface area contributed by atoms with Crippen LogP contribution in [0.3, 0.4) is 0 Å². The van der Waals surface area contributed by atoms with Gasteiger partial charge in [-0.3, -0.25) is 0 Å². The van der Waals surface area contributed by atoms with E-state index in [1.54, 1.807) is 6.08 Å². The number of para-hydroxylation sites is 1. The van der Waals surface area contributed by atoms with Crippen molar-refractivity contribution in [3.05, 3.63) is 41.6 Å². The van der Waals surface area contributed by atoms with Crippen LogP contribution in [0, 0.1) is 22.7 Å². The van der Waals surface area contributed by atoms with Gasteiger partial charge in [-0.25, -0.2) is 0 Å². The predicted molar refractivity (Wildman–Crippen MR) is 80.7 cm³/mol. The zero-order chi connectivity index (χ0) is 14.4. The Kier molecular flexibility index (Phi) is 4.58. The highest BCUT2D eigenvalue weighted by atomic mass is 15.0. The van der Waals surface area contributed by atoms with E-state index in [0.717, 1.165) is 29.4 Å². The summed E-state index contributed by atoms with van der Waals surface area (Å²) in [6.45, 7) is 3.16. The van der Waals surface area contributed by atoms with Gasteiger partial charge in [-0.2, -0.15) is 10.5 Å². The maximum Gasteiger partial charge on any atom is 0.130 e. The average Bonchev–Trinajstić information content (AvgIpc) is 2.83. The Balaban J connectivity index is 2.44. The van der Waals surface area contributed by atoms with E-state index in [1.807, 2.05) is 36.5 Å². The molecule has 0 aliphatic carbocycles. The fourth-order valence-electron chi connectivity index (χ4n) is 2.35. The van der Waals surface area contributed by atoms with Crippen LogP contribution in [0.5, 0.6) is 0 Å². The van der Waals surface area contributed by atoms with Crippen molar-refractivity contribution < 1.29 is 0 Å². The van der Waals surface area contributed by atoms with Crippen molar-refractivity contribution in [3.8, 4) is 12.1 Å². The summed E-state index contributed by atoms with van der Waals surface area (Å²) in [6, 6.07) is 11.9. The van der Waals surface area contributed by atoms with Gasteiger partial charge in [0, 0.05) is 29.2 Å². The summed E-state index contributed by atoms with van der Waals surface area (Å²) in [6.07, 6.45) is 7.24. The SMILES string of the molecule is CCCCCn1cc(C=C(C#N)C#N)c2ccccc21. The number of aryl methyl sites for hydroxylation is 1. The summed E-state index contributed by atoms with van der Waals surface area (Å²) in [5, 5.41) is 18.9. The van der Waals surface area contributed by atoms with Gasteiger partial charge in [0.1, 0.15) is 17.7 Å². The quantitative estimate of drug-likeness (QED) is 0.597. The van der Waals surface area contributed by atoms with E-state index in [4.69, 9.17) is 10.5 Å². The molecule has 20 heavy (non-hydrogen) atoms. The molecule has 2 aromatic rings. The van der Waals surface area contributed by atoms with E-state index in [-0.39, 0.29) is 5.57 Å². The van der Waals surface area contributed by atoms with Gasteiger partial charge in [0.2, 0.25) is 0 Å². The van der Waals surface area contributed by atoms with Gasteiger partial charge in [0.05, 0.1) is 0 Å². The Bertz CT molecular complexity index is 692. The molecule has 0 saturated carbocycles. The van der Waals surface area contributed by atoms with Gasteiger partial charge in [-0.1, -0.05) is 38.0 Å². The van der Waals surface area contributed by atoms with Crippen LogP contribution in [-0.2, 0) is 6.54 Å². The second kappa shape index (κ2) is 6.59. The predicted octanol–water partition coefficient (Wildman–Crippen LogP) is 4.26. The number of benzene rings is 1. The maximum absolute atomic E-state index is 8.89. The van der Waals surface area contributed by atoms with Crippen molar-refractivity contribution in [1.82, 2.24) is 4.57 Å². The van der Waals surface area contributed by atoms with Crippen LogP contribution in [-0.4, -0.2) is 4.57 Å². The lowest BCUT2D eigenvalue weighted by atomic mass is 10.1. The van der Waals surface area contributed by atoms with Gasteiger partial charge in [-0.05, 0) is 18.6 Å². The molecule has 3 nitrogen and oxygen atoms in total. The minimum Gasteiger partial charge on any atom is -0.347 e. The lowest BCUT2D eigenvalue weighted by Crippen LogP contribution is -1.95. The van der Waals surface area contributed by atoms with Gasteiger partial charge in [0.25, 0.3) is 0 Å². The number of unbranched alkanes of at least 4 members (excludes halogenated alkanes) is 2. The summed E-state index contributed by atoms with van der Waals surface area (Å²) in [7, 11) is 0. The largest absolute Gasteiger partial charge is 0.347 e. The monoisotopic (exact) mass is 263 g/mol. The molecule has 0 saturated heterocycles. The molecule has 0 aliphatic heterocycles. The summed E-state index contributed by atoms with van der Waals surface area (Å²) < 4.78 is 2.21. The third kappa shape index (κ3) is 2.90. The average molecular weight is 263 g/mol.